The summed E-state index contributed by atoms with van der Waals surface area (Å²) in [6, 6.07) is 4.98. The first-order valence-corrected chi connectivity index (χ1v) is 18.1. The largest absolute Gasteiger partial charge is 0.504 e. The highest BCUT2D eigenvalue weighted by Crippen LogP contribution is 2.26. The Kier molecular flexibility index (Phi) is 26.8. The van der Waals surface area contributed by atoms with E-state index < -0.39 is 6.10 Å². The third kappa shape index (κ3) is 24.6. The van der Waals surface area contributed by atoms with Crippen LogP contribution in [0.4, 0.5) is 0 Å². The molecule has 0 radical (unpaired) electrons. The Morgan fingerprint density at radius 1 is 0.696 bits per heavy atom. The number of phenols is 1. The quantitative estimate of drug-likeness (QED) is 0.0415. The lowest BCUT2D eigenvalue weighted by molar-refractivity contribution is -0.147. The summed E-state index contributed by atoms with van der Waals surface area (Å²) in [6.45, 7) is -0.0545. The van der Waals surface area contributed by atoms with Gasteiger partial charge in [-0.05, 0) is 36.6 Å². The molecule has 0 spiro atoms. The molecule has 0 aliphatic carbocycles. The molecule has 1 aromatic rings. The van der Waals surface area contributed by atoms with Crippen LogP contribution >= 0.6 is 0 Å². The van der Waals surface area contributed by atoms with Gasteiger partial charge in [-0.15, -0.1) is 0 Å². The van der Waals surface area contributed by atoms with Gasteiger partial charge in [0.25, 0.3) is 0 Å². The van der Waals surface area contributed by atoms with Crippen molar-refractivity contribution in [3.63, 3.8) is 0 Å². The standard InChI is InChI=1S/C38H64O8/c1-44-36-27-25-33(30-35(36)41)26-28-38(43)45-29-23-21-19-17-15-13-11-9-7-5-3-2-4-6-8-10-12-14-16-18-20-22-24-37(42)46-32-34(40)31-39/h25-28,30,34,39-41H,2-24,29,31-32H2,1H3/b28-26+/t34-/m1/s1. The molecule has 8 nitrogen and oxygen atoms in total. The molecule has 0 aliphatic heterocycles. The van der Waals surface area contributed by atoms with E-state index in [2.05, 4.69) is 0 Å². The summed E-state index contributed by atoms with van der Waals surface area (Å²) in [6.07, 6.45) is 30.0. The fraction of sp³-hybridized carbons (Fsp3) is 0.737. The first-order valence-electron chi connectivity index (χ1n) is 18.1. The first kappa shape index (κ1) is 41.4. The number of carbonyl (C=O) groups is 2. The van der Waals surface area contributed by atoms with Crippen molar-refractivity contribution in [2.24, 2.45) is 0 Å². The second-order valence-electron chi connectivity index (χ2n) is 12.5. The number of carbonyl (C=O) groups excluding carboxylic acids is 2. The number of methoxy groups -OCH3 is 1. The fourth-order valence-electron chi connectivity index (χ4n) is 5.42. The van der Waals surface area contributed by atoms with Crippen LogP contribution in [-0.4, -0.2) is 60.3 Å². The van der Waals surface area contributed by atoms with E-state index in [1.165, 1.54) is 122 Å². The number of aliphatic hydroxyl groups excluding tert-OH is 2. The Morgan fingerprint density at radius 3 is 1.59 bits per heavy atom. The molecule has 1 atom stereocenters. The van der Waals surface area contributed by atoms with Crippen LogP contribution in [0.3, 0.4) is 0 Å². The van der Waals surface area contributed by atoms with Gasteiger partial charge in [-0.1, -0.05) is 134 Å². The number of esters is 2. The minimum atomic E-state index is -0.973. The van der Waals surface area contributed by atoms with Crippen LogP contribution in [0.1, 0.15) is 153 Å². The van der Waals surface area contributed by atoms with Gasteiger partial charge in [-0.25, -0.2) is 4.79 Å². The fourth-order valence-corrected chi connectivity index (χ4v) is 5.42. The summed E-state index contributed by atoms with van der Waals surface area (Å²) in [5.74, 6) is -0.207. The van der Waals surface area contributed by atoms with E-state index in [9.17, 15) is 19.8 Å². The lowest BCUT2D eigenvalue weighted by Gasteiger charge is -2.08. The maximum Gasteiger partial charge on any atom is 0.330 e. The van der Waals surface area contributed by atoms with Gasteiger partial charge in [-0.3, -0.25) is 4.79 Å². The van der Waals surface area contributed by atoms with Crippen molar-refractivity contribution >= 4 is 18.0 Å². The van der Waals surface area contributed by atoms with Gasteiger partial charge in [0.2, 0.25) is 0 Å². The monoisotopic (exact) mass is 648 g/mol. The van der Waals surface area contributed by atoms with E-state index in [0.29, 0.717) is 24.3 Å². The van der Waals surface area contributed by atoms with Crippen LogP contribution in [0, 0.1) is 0 Å². The van der Waals surface area contributed by atoms with Crippen molar-refractivity contribution in [2.75, 3.05) is 26.9 Å². The molecule has 0 amide bonds. The topological polar surface area (TPSA) is 123 Å². The number of unbranched alkanes of at least 4 members (excludes halogenated alkanes) is 21. The molecule has 0 aliphatic rings. The van der Waals surface area contributed by atoms with Crippen molar-refractivity contribution in [2.45, 2.75) is 154 Å². The highest BCUT2D eigenvalue weighted by Gasteiger charge is 2.07. The Balaban J connectivity index is 1.75. The molecule has 0 heterocycles. The number of aliphatic hydroxyl groups is 2. The average molecular weight is 649 g/mol. The van der Waals surface area contributed by atoms with Gasteiger partial charge in [-0.2, -0.15) is 0 Å². The van der Waals surface area contributed by atoms with Crippen molar-refractivity contribution < 1.29 is 39.1 Å². The van der Waals surface area contributed by atoms with E-state index >= 15 is 0 Å². The molecule has 46 heavy (non-hydrogen) atoms. The molecule has 1 aromatic carbocycles. The predicted molar refractivity (Wildman–Crippen MR) is 185 cm³/mol. The summed E-state index contributed by atoms with van der Waals surface area (Å²) in [4.78, 5) is 23.4. The molecule has 0 aromatic heterocycles. The zero-order valence-corrected chi connectivity index (χ0v) is 28.7. The molecule has 264 valence electrons. The number of benzene rings is 1. The van der Waals surface area contributed by atoms with Crippen molar-refractivity contribution in [1.82, 2.24) is 0 Å². The SMILES string of the molecule is COc1ccc(/C=C/C(=O)OCCCCCCCCCCCCCCCCCCCCCCCCC(=O)OC[C@H](O)CO)cc1O. The van der Waals surface area contributed by atoms with Crippen LogP contribution in [0.25, 0.3) is 6.08 Å². The molecule has 0 saturated carbocycles. The Hall–Kier alpha value is -2.58. The molecular weight excluding hydrogens is 584 g/mol. The summed E-state index contributed by atoms with van der Waals surface area (Å²) in [7, 11) is 1.50. The maximum atomic E-state index is 11.9. The Morgan fingerprint density at radius 2 is 1.15 bits per heavy atom. The summed E-state index contributed by atoms with van der Waals surface area (Å²) >= 11 is 0. The molecule has 1 rings (SSSR count). The third-order valence-electron chi connectivity index (χ3n) is 8.28. The number of ether oxygens (including phenoxy) is 3. The first-order chi connectivity index (χ1) is 22.5. The second-order valence-corrected chi connectivity index (χ2v) is 12.5. The van der Waals surface area contributed by atoms with Crippen LogP contribution in [0.5, 0.6) is 11.5 Å². The van der Waals surface area contributed by atoms with Crippen LogP contribution in [-0.2, 0) is 19.1 Å². The van der Waals surface area contributed by atoms with Crippen molar-refractivity contribution in [3.05, 3.63) is 29.8 Å². The maximum absolute atomic E-state index is 11.9. The molecular formula is C38H64O8. The van der Waals surface area contributed by atoms with Gasteiger partial charge in [0, 0.05) is 12.5 Å². The number of hydrogen-bond donors (Lipinski definition) is 3. The highest BCUT2D eigenvalue weighted by molar-refractivity contribution is 5.87. The lowest BCUT2D eigenvalue weighted by atomic mass is 10.0. The lowest BCUT2D eigenvalue weighted by Crippen LogP contribution is -2.21. The van der Waals surface area contributed by atoms with Crippen molar-refractivity contribution in [3.8, 4) is 11.5 Å². The molecule has 0 unspecified atom stereocenters. The van der Waals surface area contributed by atoms with E-state index in [1.54, 1.807) is 24.3 Å². The van der Waals surface area contributed by atoms with E-state index in [1.807, 2.05) is 0 Å². The minimum Gasteiger partial charge on any atom is -0.504 e. The average Bonchev–Trinajstić information content (AvgIpc) is 3.06. The van der Waals surface area contributed by atoms with Crippen LogP contribution in [0.15, 0.2) is 24.3 Å². The van der Waals surface area contributed by atoms with Gasteiger partial charge in [0.05, 0.1) is 20.3 Å². The van der Waals surface area contributed by atoms with Crippen molar-refractivity contribution in [1.29, 1.82) is 0 Å². The highest BCUT2D eigenvalue weighted by atomic mass is 16.5. The number of hydrogen-bond acceptors (Lipinski definition) is 8. The zero-order chi connectivity index (χ0) is 33.5. The molecule has 3 N–H and O–H groups in total. The van der Waals surface area contributed by atoms with E-state index in [4.69, 9.17) is 19.3 Å². The van der Waals surface area contributed by atoms with E-state index in [-0.39, 0.29) is 30.9 Å². The summed E-state index contributed by atoms with van der Waals surface area (Å²) in [5.41, 5.74) is 0.713. The van der Waals surface area contributed by atoms with Gasteiger partial charge in [0.1, 0.15) is 12.7 Å². The van der Waals surface area contributed by atoms with Gasteiger partial charge in [0.15, 0.2) is 11.5 Å². The van der Waals surface area contributed by atoms with Crippen LogP contribution < -0.4 is 4.74 Å². The Labute approximate surface area is 278 Å². The third-order valence-corrected chi connectivity index (χ3v) is 8.28. The molecule has 0 fully saturated rings. The number of phenolic OH excluding ortho intramolecular Hbond substituents is 1. The van der Waals surface area contributed by atoms with E-state index in [0.717, 1.165) is 32.1 Å². The normalized spacial score (nSPS) is 12.0. The molecule has 8 heteroatoms. The zero-order valence-electron chi connectivity index (χ0n) is 28.7. The predicted octanol–water partition coefficient (Wildman–Crippen LogP) is 8.83. The molecule has 0 saturated heterocycles. The van der Waals surface area contributed by atoms with Crippen LogP contribution in [0.2, 0.25) is 0 Å². The summed E-state index contributed by atoms with van der Waals surface area (Å²) < 4.78 is 15.2. The second kappa shape index (κ2) is 29.8. The number of rotatable bonds is 31. The minimum absolute atomic E-state index is 0.0415. The van der Waals surface area contributed by atoms with Gasteiger partial charge >= 0.3 is 11.9 Å². The molecule has 0 bridgehead atoms. The smallest absolute Gasteiger partial charge is 0.330 e. The Bertz CT molecular complexity index is 916. The summed E-state index contributed by atoms with van der Waals surface area (Å²) in [5, 5.41) is 27.7. The van der Waals surface area contributed by atoms with Gasteiger partial charge < -0.3 is 29.5 Å². The number of aromatic hydroxyl groups is 1.